The van der Waals surface area contributed by atoms with E-state index in [4.69, 9.17) is 11.5 Å². The molecular weight excluding hydrogens is 458 g/mol. The fourth-order valence-corrected chi connectivity index (χ4v) is 3.37. The molecule has 0 fully saturated rings. The number of carboxylic acids is 1. The molecular formula is C22H37N7O6. The van der Waals surface area contributed by atoms with Gasteiger partial charge in [-0.2, -0.15) is 0 Å². The summed E-state index contributed by atoms with van der Waals surface area (Å²) in [5.74, 6) is -4.18. The average Bonchev–Trinajstić information content (AvgIpc) is 3.24. The van der Waals surface area contributed by atoms with E-state index in [0.717, 1.165) is 0 Å². The first-order valence-corrected chi connectivity index (χ1v) is 11.4. The first kappa shape index (κ1) is 29.6. The molecule has 4 atom stereocenters. The van der Waals surface area contributed by atoms with Gasteiger partial charge in [-0.05, 0) is 24.7 Å². The quantitative estimate of drug-likeness (QED) is 0.156. The summed E-state index contributed by atoms with van der Waals surface area (Å²) in [7, 11) is 0. The molecule has 0 aliphatic heterocycles. The van der Waals surface area contributed by atoms with Crippen LogP contribution in [0, 0.1) is 11.8 Å². The van der Waals surface area contributed by atoms with Crippen molar-refractivity contribution >= 4 is 29.6 Å². The highest BCUT2D eigenvalue weighted by Crippen LogP contribution is 2.08. The van der Waals surface area contributed by atoms with Gasteiger partial charge >= 0.3 is 5.97 Å². The predicted octanol–water partition coefficient (Wildman–Crippen LogP) is -1.21. The Morgan fingerprint density at radius 2 is 1.46 bits per heavy atom. The van der Waals surface area contributed by atoms with E-state index < -0.39 is 60.2 Å². The molecule has 4 amide bonds. The summed E-state index contributed by atoms with van der Waals surface area (Å²) in [6.07, 6.45) is 2.80. The molecule has 0 saturated carbocycles. The summed E-state index contributed by atoms with van der Waals surface area (Å²) in [6, 6.07) is -4.68. The molecule has 0 spiro atoms. The van der Waals surface area contributed by atoms with Crippen LogP contribution in [0.25, 0.3) is 0 Å². The largest absolute Gasteiger partial charge is 0.480 e. The Morgan fingerprint density at radius 1 is 0.914 bits per heavy atom. The SMILES string of the molecule is CC(C)CC(N)C(=O)NC(CC(N)=O)C(=O)NC(Cc1cnc[nH]1)C(=O)NC(CC(C)C)C(=O)O. The van der Waals surface area contributed by atoms with Gasteiger partial charge in [0.15, 0.2) is 0 Å². The topological polar surface area (TPSA) is 222 Å². The number of aromatic amines is 1. The first-order chi connectivity index (χ1) is 16.3. The van der Waals surface area contributed by atoms with Crippen molar-refractivity contribution in [2.75, 3.05) is 0 Å². The van der Waals surface area contributed by atoms with Crippen molar-refractivity contribution in [3.05, 3.63) is 18.2 Å². The number of carbonyl (C=O) groups is 5. The molecule has 1 aromatic rings. The van der Waals surface area contributed by atoms with Crippen molar-refractivity contribution in [2.45, 2.75) is 77.5 Å². The maximum atomic E-state index is 13.0. The van der Waals surface area contributed by atoms with E-state index in [1.165, 1.54) is 12.5 Å². The number of nitrogens with two attached hydrogens (primary N) is 2. The number of nitrogens with one attached hydrogen (secondary N) is 4. The lowest BCUT2D eigenvalue weighted by atomic mass is 10.0. The van der Waals surface area contributed by atoms with E-state index in [1.807, 2.05) is 27.7 Å². The lowest BCUT2D eigenvalue weighted by Crippen LogP contribution is -2.58. The summed E-state index contributed by atoms with van der Waals surface area (Å²) < 4.78 is 0. The first-order valence-electron chi connectivity index (χ1n) is 11.4. The van der Waals surface area contributed by atoms with Gasteiger partial charge in [-0.1, -0.05) is 27.7 Å². The van der Waals surface area contributed by atoms with Crippen LogP contribution in [-0.4, -0.2) is 68.8 Å². The van der Waals surface area contributed by atoms with Crippen LogP contribution < -0.4 is 27.4 Å². The Labute approximate surface area is 204 Å². The van der Waals surface area contributed by atoms with E-state index in [1.54, 1.807) is 0 Å². The van der Waals surface area contributed by atoms with E-state index in [-0.39, 0.29) is 24.7 Å². The second-order valence-corrected chi connectivity index (χ2v) is 9.34. The number of carbonyl (C=O) groups excluding carboxylic acids is 4. The number of imidazole rings is 1. The summed E-state index contributed by atoms with van der Waals surface area (Å²) in [6.45, 7) is 7.38. The molecule has 0 bridgehead atoms. The molecule has 0 aliphatic carbocycles. The molecule has 35 heavy (non-hydrogen) atoms. The number of amides is 4. The zero-order chi connectivity index (χ0) is 26.7. The van der Waals surface area contributed by atoms with E-state index in [2.05, 4.69) is 25.9 Å². The Morgan fingerprint density at radius 3 is 1.94 bits per heavy atom. The van der Waals surface area contributed by atoms with Gasteiger partial charge in [0, 0.05) is 18.3 Å². The normalized spacial score (nSPS) is 14.6. The Hall–Kier alpha value is -3.48. The smallest absolute Gasteiger partial charge is 0.326 e. The fourth-order valence-electron chi connectivity index (χ4n) is 3.37. The monoisotopic (exact) mass is 495 g/mol. The molecule has 13 nitrogen and oxygen atoms in total. The second-order valence-electron chi connectivity index (χ2n) is 9.34. The third-order valence-electron chi connectivity index (χ3n) is 5.03. The number of primary amides is 1. The maximum Gasteiger partial charge on any atom is 0.326 e. The number of hydrogen-bond donors (Lipinski definition) is 7. The highest BCUT2D eigenvalue weighted by atomic mass is 16.4. The molecule has 1 aromatic heterocycles. The van der Waals surface area contributed by atoms with Gasteiger partial charge in [0.2, 0.25) is 23.6 Å². The van der Waals surface area contributed by atoms with Crippen molar-refractivity contribution < 1.29 is 29.1 Å². The van der Waals surface area contributed by atoms with Gasteiger partial charge in [0.25, 0.3) is 0 Å². The fraction of sp³-hybridized carbons (Fsp3) is 0.636. The van der Waals surface area contributed by atoms with Gasteiger partial charge < -0.3 is 37.5 Å². The number of hydrogen-bond acceptors (Lipinski definition) is 7. The van der Waals surface area contributed by atoms with Gasteiger partial charge in [-0.15, -0.1) is 0 Å². The lowest BCUT2D eigenvalue weighted by molar-refractivity contribution is -0.143. The van der Waals surface area contributed by atoms with Crippen molar-refractivity contribution in [3.63, 3.8) is 0 Å². The standard InChI is InChI=1S/C22H37N7O6/c1-11(2)5-14(23)19(31)27-16(8-18(24)30)21(33)28-15(7-13-9-25-10-26-13)20(32)29-17(22(34)35)6-12(3)4/h9-12,14-17H,5-8,23H2,1-4H3,(H2,24,30)(H,25,26)(H,27,31)(H,28,33)(H,29,32)(H,34,35). The van der Waals surface area contributed by atoms with Crippen LogP contribution in [0.15, 0.2) is 12.5 Å². The zero-order valence-corrected chi connectivity index (χ0v) is 20.5. The highest BCUT2D eigenvalue weighted by molar-refractivity contribution is 5.96. The van der Waals surface area contributed by atoms with Gasteiger partial charge in [0.05, 0.1) is 18.8 Å². The number of carboxylic acid groups (broad SMARTS) is 1. The van der Waals surface area contributed by atoms with Crippen molar-refractivity contribution in [2.24, 2.45) is 23.3 Å². The minimum atomic E-state index is -1.37. The minimum Gasteiger partial charge on any atom is -0.480 e. The van der Waals surface area contributed by atoms with Gasteiger partial charge in [-0.3, -0.25) is 19.2 Å². The number of rotatable bonds is 15. The summed E-state index contributed by atoms with van der Waals surface area (Å²) in [5, 5.41) is 16.8. The summed E-state index contributed by atoms with van der Waals surface area (Å²) in [5.41, 5.74) is 11.6. The molecule has 196 valence electrons. The molecule has 0 aromatic carbocycles. The van der Waals surface area contributed by atoms with Crippen LogP contribution >= 0.6 is 0 Å². The van der Waals surface area contributed by atoms with Crippen molar-refractivity contribution in [3.8, 4) is 0 Å². The molecule has 4 unspecified atom stereocenters. The van der Waals surface area contributed by atoms with Crippen molar-refractivity contribution in [1.82, 2.24) is 25.9 Å². The highest BCUT2D eigenvalue weighted by Gasteiger charge is 2.31. The number of aliphatic carboxylic acids is 1. The van der Waals surface area contributed by atoms with Gasteiger partial charge in [0.1, 0.15) is 18.1 Å². The number of H-pyrrole nitrogens is 1. The molecule has 0 radical (unpaired) electrons. The number of nitrogens with zero attached hydrogens (tertiary/aromatic N) is 1. The molecule has 0 saturated heterocycles. The van der Waals surface area contributed by atoms with Crippen LogP contribution in [0.5, 0.6) is 0 Å². The Kier molecular flexibility index (Phi) is 11.9. The predicted molar refractivity (Wildman–Crippen MR) is 126 cm³/mol. The maximum absolute atomic E-state index is 13.0. The average molecular weight is 496 g/mol. The van der Waals surface area contributed by atoms with Gasteiger partial charge in [-0.25, -0.2) is 9.78 Å². The van der Waals surface area contributed by atoms with E-state index in [0.29, 0.717) is 12.1 Å². The summed E-state index contributed by atoms with van der Waals surface area (Å²) >= 11 is 0. The van der Waals surface area contributed by atoms with E-state index >= 15 is 0 Å². The third kappa shape index (κ3) is 11.0. The summed E-state index contributed by atoms with van der Waals surface area (Å²) in [4.78, 5) is 68.2. The van der Waals surface area contributed by atoms with Crippen LogP contribution in [-0.2, 0) is 30.4 Å². The molecule has 0 aliphatic rings. The van der Waals surface area contributed by atoms with Crippen LogP contribution in [0.3, 0.4) is 0 Å². The zero-order valence-electron chi connectivity index (χ0n) is 20.5. The molecule has 13 heteroatoms. The third-order valence-corrected chi connectivity index (χ3v) is 5.03. The van der Waals surface area contributed by atoms with Crippen LogP contribution in [0.4, 0.5) is 0 Å². The second kappa shape index (κ2) is 14.0. The van der Waals surface area contributed by atoms with E-state index in [9.17, 15) is 29.1 Å². The molecule has 9 N–H and O–H groups in total. The Balaban J connectivity index is 3.07. The molecule has 1 heterocycles. The van der Waals surface area contributed by atoms with Crippen LogP contribution in [0.1, 0.15) is 52.7 Å². The van der Waals surface area contributed by atoms with Crippen molar-refractivity contribution in [1.29, 1.82) is 0 Å². The number of aromatic nitrogens is 2. The minimum absolute atomic E-state index is 0.0118. The Bertz CT molecular complexity index is 872. The molecule has 1 rings (SSSR count). The van der Waals surface area contributed by atoms with Crippen LogP contribution in [0.2, 0.25) is 0 Å². The lowest BCUT2D eigenvalue weighted by Gasteiger charge is -2.25.